The predicted molar refractivity (Wildman–Crippen MR) is 47.1 cm³/mol. The molecule has 0 radical (unpaired) electrons. The number of carboxylic acids is 1. The van der Waals surface area contributed by atoms with Crippen LogP contribution in [0, 0.1) is 5.92 Å². The van der Waals surface area contributed by atoms with Gasteiger partial charge >= 0.3 is 5.97 Å². The molecule has 70 valence electrons. The van der Waals surface area contributed by atoms with Crippen LogP contribution < -0.4 is 0 Å². The van der Waals surface area contributed by atoms with Crippen LogP contribution in [0.15, 0.2) is 0 Å². The van der Waals surface area contributed by atoms with Crippen LogP contribution in [0.1, 0.15) is 25.7 Å². The fourth-order valence-electron chi connectivity index (χ4n) is 2.02. The van der Waals surface area contributed by atoms with Gasteiger partial charge in [-0.3, -0.25) is 4.79 Å². The molecule has 3 nitrogen and oxygen atoms in total. The van der Waals surface area contributed by atoms with Crippen molar-refractivity contribution in [3.05, 3.63) is 0 Å². The molecular weight excluding hydrogens is 154 g/mol. The van der Waals surface area contributed by atoms with E-state index < -0.39 is 5.97 Å². The number of aliphatic carboxylic acids is 1. The zero-order valence-corrected chi connectivity index (χ0v) is 7.79. The van der Waals surface area contributed by atoms with Crippen molar-refractivity contribution in [2.75, 3.05) is 14.1 Å². The minimum Gasteiger partial charge on any atom is -0.481 e. The van der Waals surface area contributed by atoms with Crippen molar-refractivity contribution in [3.8, 4) is 0 Å². The highest BCUT2D eigenvalue weighted by Gasteiger charge is 2.31. The maximum atomic E-state index is 10.8. The molecule has 0 aromatic rings. The van der Waals surface area contributed by atoms with E-state index in [9.17, 15) is 4.79 Å². The lowest BCUT2D eigenvalue weighted by atomic mass is 9.84. The van der Waals surface area contributed by atoms with Crippen LogP contribution in [0.4, 0.5) is 0 Å². The Morgan fingerprint density at radius 1 is 1.33 bits per heavy atom. The summed E-state index contributed by atoms with van der Waals surface area (Å²) in [7, 11) is 3.93. The summed E-state index contributed by atoms with van der Waals surface area (Å²) in [6.45, 7) is 0. The summed E-state index contributed by atoms with van der Waals surface area (Å²) in [4.78, 5) is 12.9. The lowest BCUT2D eigenvalue weighted by Gasteiger charge is -2.33. The highest BCUT2D eigenvalue weighted by Crippen LogP contribution is 2.27. The van der Waals surface area contributed by atoms with Crippen LogP contribution in [0.2, 0.25) is 0 Å². The molecule has 0 aliphatic heterocycles. The second kappa shape index (κ2) is 3.90. The van der Waals surface area contributed by atoms with E-state index in [0.717, 1.165) is 19.3 Å². The Morgan fingerprint density at radius 3 is 2.33 bits per heavy atom. The molecule has 2 atom stereocenters. The number of carboxylic acid groups (broad SMARTS) is 1. The van der Waals surface area contributed by atoms with Crippen molar-refractivity contribution in [3.63, 3.8) is 0 Å². The molecule has 0 amide bonds. The smallest absolute Gasteiger partial charge is 0.308 e. The maximum absolute atomic E-state index is 10.8. The normalized spacial score (nSPS) is 30.6. The maximum Gasteiger partial charge on any atom is 0.308 e. The summed E-state index contributed by atoms with van der Waals surface area (Å²) in [5.74, 6) is -0.776. The van der Waals surface area contributed by atoms with E-state index in [1.165, 1.54) is 6.42 Å². The van der Waals surface area contributed by atoms with Gasteiger partial charge in [0, 0.05) is 6.04 Å². The third kappa shape index (κ3) is 1.97. The van der Waals surface area contributed by atoms with E-state index >= 15 is 0 Å². The molecule has 1 fully saturated rings. The van der Waals surface area contributed by atoms with Gasteiger partial charge in [0.25, 0.3) is 0 Å². The SMILES string of the molecule is CN(C)[C@@H]1CCCC[C@H]1C(=O)O. The number of carbonyl (C=O) groups is 1. The molecule has 0 bridgehead atoms. The third-order valence-electron chi connectivity index (χ3n) is 2.71. The highest BCUT2D eigenvalue weighted by atomic mass is 16.4. The highest BCUT2D eigenvalue weighted by molar-refractivity contribution is 5.71. The molecule has 1 saturated carbocycles. The van der Waals surface area contributed by atoms with Crippen molar-refractivity contribution in [2.45, 2.75) is 31.7 Å². The van der Waals surface area contributed by atoms with E-state index in [1.807, 2.05) is 19.0 Å². The van der Waals surface area contributed by atoms with Crippen molar-refractivity contribution in [1.29, 1.82) is 0 Å². The van der Waals surface area contributed by atoms with Gasteiger partial charge in [-0.05, 0) is 26.9 Å². The van der Waals surface area contributed by atoms with Crippen LogP contribution in [0.25, 0.3) is 0 Å². The minimum absolute atomic E-state index is 0.145. The van der Waals surface area contributed by atoms with E-state index in [1.54, 1.807) is 0 Å². The molecule has 3 heteroatoms. The lowest BCUT2D eigenvalue weighted by Crippen LogP contribution is -2.41. The first-order valence-corrected chi connectivity index (χ1v) is 4.52. The zero-order chi connectivity index (χ0) is 9.14. The van der Waals surface area contributed by atoms with Crippen molar-refractivity contribution in [1.82, 2.24) is 4.90 Å². The topological polar surface area (TPSA) is 40.5 Å². The molecule has 0 unspecified atom stereocenters. The van der Waals surface area contributed by atoms with E-state index in [0.29, 0.717) is 0 Å². The molecule has 1 aliphatic rings. The van der Waals surface area contributed by atoms with Gasteiger partial charge in [0.05, 0.1) is 5.92 Å². The second-order valence-corrected chi connectivity index (χ2v) is 3.76. The molecule has 1 N–H and O–H groups in total. The van der Waals surface area contributed by atoms with Gasteiger partial charge in [0.15, 0.2) is 0 Å². The Bertz CT molecular complexity index is 168. The number of rotatable bonds is 2. The molecule has 12 heavy (non-hydrogen) atoms. The van der Waals surface area contributed by atoms with E-state index in [2.05, 4.69) is 0 Å². The summed E-state index contributed by atoms with van der Waals surface area (Å²) in [5, 5.41) is 8.93. The second-order valence-electron chi connectivity index (χ2n) is 3.76. The van der Waals surface area contributed by atoms with E-state index in [4.69, 9.17) is 5.11 Å². The molecule has 1 aliphatic carbocycles. The fraction of sp³-hybridized carbons (Fsp3) is 0.889. The first kappa shape index (κ1) is 9.52. The monoisotopic (exact) mass is 171 g/mol. The van der Waals surface area contributed by atoms with E-state index in [-0.39, 0.29) is 12.0 Å². The first-order chi connectivity index (χ1) is 5.63. The minimum atomic E-state index is -0.631. The largest absolute Gasteiger partial charge is 0.481 e. The van der Waals surface area contributed by atoms with Crippen LogP contribution >= 0.6 is 0 Å². The first-order valence-electron chi connectivity index (χ1n) is 4.52. The lowest BCUT2D eigenvalue weighted by molar-refractivity contribution is -0.145. The molecule has 0 heterocycles. The van der Waals surface area contributed by atoms with Crippen molar-refractivity contribution in [2.24, 2.45) is 5.92 Å². The van der Waals surface area contributed by atoms with Gasteiger partial charge in [-0.25, -0.2) is 0 Å². The molecule has 1 rings (SSSR count). The summed E-state index contributed by atoms with van der Waals surface area (Å²) in [6, 6.07) is 0.247. The van der Waals surface area contributed by atoms with Gasteiger partial charge in [-0.15, -0.1) is 0 Å². The van der Waals surface area contributed by atoms with Crippen molar-refractivity contribution < 1.29 is 9.90 Å². The van der Waals surface area contributed by atoms with Gasteiger partial charge < -0.3 is 10.0 Å². The molecule has 0 aromatic heterocycles. The van der Waals surface area contributed by atoms with Crippen LogP contribution in [0.5, 0.6) is 0 Å². The van der Waals surface area contributed by atoms with Crippen LogP contribution in [-0.4, -0.2) is 36.1 Å². The van der Waals surface area contributed by atoms with Gasteiger partial charge in [-0.2, -0.15) is 0 Å². The number of hydrogen-bond acceptors (Lipinski definition) is 2. The molecular formula is C9H17NO2. The van der Waals surface area contributed by atoms with Crippen LogP contribution in [0.3, 0.4) is 0 Å². The Labute approximate surface area is 73.4 Å². The summed E-state index contributed by atoms with van der Waals surface area (Å²) < 4.78 is 0. The molecule has 0 spiro atoms. The molecule has 0 saturated heterocycles. The average Bonchev–Trinajstić information content (AvgIpc) is 2.04. The third-order valence-corrected chi connectivity index (χ3v) is 2.71. The molecule has 0 aromatic carbocycles. The standard InChI is InChI=1S/C9H17NO2/c1-10(2)8-6-4-3-5-7(8)9(11)12/h7-8H,3-6H2,1-2H3,(H,11,12)/t7-,8-/m1/s1. The fourth-order valence-corrected chi connectivity index (χ4v) is 2.02. The Hall–Kier alpha value is -0.570. The Morgan fingerprint density at radius 2 is 1.92 bits per heavy atom. The van der Waals surface area contributed by atoms with Gasteiger partial charge in [0.1, 0.15) is 0 Å². The average molecular weight is 171 g/mol. The zero-order valence-electron chi connectivity index (χ0n) is 7.79. The Kier molecular flexibility index (Phi) is 3.09. The van der Waals surface area contributed by atoms with Gasteiger partial charge in [0.2, 0.25) is 0 Å². The van der Waals surface area contributed by atoms with Crippen molar-refractivity contribution >= 4 is 5.97 Å². The Balaban J connectivity index is 2.60. The predicted octanol–water partition coefficient (Wildman–Crippen LogP) is 1.19. The van der Waals surface area contributed by atoms with Crippen LogP contribution in [-0.2, 0) is 4.79 Å². The van der Waals surface area contributed by atoms with Gasteiger partial charge in [-0.1, -0.05) is 12.8 Å². The summed E-state index contributed by atoms with van der Waals surface area (Å²) >= 11 is 0. The summed E-state index contributed by atoms with van der Waals surface area (Å²) in [6.07, 6.45) is 4.12. The summed E-state index contributed by atoms with van der Waals surface area (Å²) in [5.41, 5.74) is 0. The number of hydrogen-bond donors (Lipinski definition) is 1. The quantitative estimate of drug-likeness (QED) is 0.678. The number of nitrogens with zero attached hydrogens (tertiary/aromatic N) is 1.